The Morgan fingerprint density at radius 1 is 1.14 bits per heavy atom. The molecule has 7 heteroatoms. The lowest BCUT2D eigenvalue weighted by molar-refractivity contribution is -0.124. The van der Waals surface area contributed by atoms with Crippen LogP contribution in [0, 0.1) is 5.82 Å². The van der Waals surface area contributed by atoms with E-state index in [-0.39, 0.29) is 30.5 Å². The molecule has 2 amide bonds. The van der Waals surface area contributed by atoms with Gasteiger partial charge in [-0.15, -0.1) is 0 Å². The summed E-state index contributed by atoms with van der Waals surface area (Å²) < 4.78 is 14.6. The van der Waals surface area contributed by atoms with Crippen LogP contribution in [0.15, 0.2) is 43.0 Å². The molecule has 0 unspecified atom stereocenters. The number of nitrogens with zero attached hydrogens (tertiary/aromatic N) is 2. The SMILES string of the molecule is O=C(CCC(=O)Nc1ccc(F)cc1)NCCn1ccnc1. The Morgan fingerprint density at radius 3 is 2.55 bits per heavy atom. The quantitative estimate of drug-likeness (QED) is 0.815. The number of amides is 2. The summed E-state index contributed by atoms with van der Waals surface area (Å²) in [4.78, 5) is 27.2. The summed E-state index contributed by atoms with van der Waals surface area (Å²) in [5.74, 6) is -0.832. The van der Waals surface area contributed by atoms with Gasteiger partial charge in [-0.3, -0.25) is 9.59 Å². The van der Waals surface area contributed by atoms with Gasteiger partial charge in [0.2, 0.25) is 11.8 Å². The number of carbonyl (C=O) groups excluding carboxylic acids is 2. The minimum Gasteiger partial charge on any atom is -0.354 e. The smallest absolute Gasteiger partial charge is 0.224 e. The van der Waals surface area contributed by atoms with Gasteiger partial charge < -0.3 is 15.2 Å². The molecular formula is C15H17FN4O2. The molecule has 0 fully saturated rings. The summed E-state index contributed by atoms with van der Waals surface area (Å²) in [6, 6.07) is 5.47. The van der Waals surface area contributed by atoms with Gasteiger partial charge in [0.15, 0.2) is 0 Å². The predicted octanol–water partition coefficient (Wildman–Crippen LogP) is 1.56. The standard InChI is InChI=1S/C15H17FN4O2/c16-12-1-3-13(4-2-12)19-15(22)6-5-14(21)18-8-10-20-9-7-17-11-20/h1-4,7,9,11H,5-6,8,10H2,(H,18,21)(H,19,22). The maximum atomic E-state index is 12.7. The maximum Gasteiger partial charge on any atom is 0.224 e. The Kier molecular flexibility index (Phi) is 5.65. The van der Waals surface area contributed by atoms with Gasteiger partial charge in [0.25, 0.3) is 0 Å². The molecule has 116 valence electrons. The van der Waals surface area contributed by atoms with Crippen molar-refractivity contribution in [2.45, 2.75) is 19.4 Å². The molecule has 0 saturated carbocycles. The molecule has 2 N–H and O–H groups in total. The van der Waals surface area contributed by atoms with Gasteiger partial charge in [-0.2, -0.15) is 0 Å². The highest BCUT2D eigenvalue weighted by atomic mass is 19.1. The van der Waals surface area contributed by atoms with Crippen molar-refractivity contribution in [3.8, 4) is 0 Å². The molecule has 0 saturated heterocycles. The first-order chi connectivity index (χ1) is 10.6. The Balaban J connectivity index is 1.63. The van der Waals surface area contributed by atoms with Crippen molar-refractivity contribution in [1.29, 1.82) is 0 Å². The van der Waals surface area contributed by atoms with E-state index < -0.39 is 0 Å². The first kappa shape index (κ1) is 15.7. The predicted molar refractivity (Wildman–Crippen MR) is 79.5 cm³/mol. The van der Waals surface area contributed by atoms with E-state index in [9.17, 15) is 14.0 Å². The Morgan fingerprint density at radius 2 is 1.86 bits per heavy atom. The summed E-state index contributed by atoms with van der Waals surface area (Å²) in [5, 5.41) is 5.34. The minimum atomic E-state index is -0.365. The van der Waals surface area contributed by atoms with Gasteiger partial charge in [0.05, 0.1) is 6.33 Å². The van der Waals surface area contributed by atoms with E-state index in [0.29, 0.717) is 18.8 Å². The van der Waals surface area contributed by atoms with E-state index in [1.165, 1.54) is 24.3 Å². The molecular weight excluding hydrogens is 287 g/mol. The highest BCUT2D eigenvalue weighted by molar-refractivity contribution is 5.93. The second kappa shape index (κ2) is 7.92. The Labute approximate surface area is 127 Å². The number of aromatic nitrogens is 2. The zero-order chi connectivity index (χ0) is 15.8. The van der Waals surface area contributed by atoms with Crippen LogP contribution in [0.4, 0.5) is 10.1 Å². The van der Waals surface area contributed by atoms with Crippen LogP contribution in [-0.4, -0.2) is 27.9 Å². The van der Waals surface area contributed by atoms with E-state index >= 15 is 0 Å². The van der Waals surface area contributed by atoms with E-state index in [1.54, 1.807) is 12.5 Å². The van der Waals surface area contributed by atoms with Crippen molar-refractivity contribution in [3.05, 3.63) is 48.8 Å². The largest absolute Gasteiger partial charge is 0.354 e. The molecule has 0 aliphatic carbocycles. The normalized spacial score (nSPS) is 10.2. The van der Waals surface area contributed by atoms with Crippen LogP contribution in [-0.2, 0) is 16.1 Å². The van der Waals surface area contributed by atoms with Gasteiger partial charge in [0.1, 0.15) is 5.82 Å². The molecule has 0 spiro atoms. The van der Waals surface area contributed by atoms with Crippen LogP contribution >= 0.6 is 0 Å². The second-order valence-corrected chi connectivity index (χ2v) is 4.71. The van der Waals surface area contributed by atoms with Crippen molar-refractivity contribution in [3.63, 3.8) is 0 Å². The fourth-order valence-corrected chi connectivity index (χ4v) is 1.82. The third-order valence-electron chi connectivity index (χ3n) is 2.96. The average Bonchev–Trinajstić information content (AvgIpc) is 3.01. The molecule has 2 rings (SSSR count). The number of anilines is 1. The number of carbonyl (C=O) groups is 2. The fraction of sp³-hybridized carbons (Fsp3) is 0.267. The van der Waals surface area contributed by atoms with Crippen LogP contribution < -0.4 is 10.6 Å². The molecule has 1 heterocycles. The third-order valence-corrected chi connectivity index (χ3v) is 2.96. The van der Waals surface area contributed by atoms with Crippen molar-refractivity contribution >= 4 is 17.5 Å². The summed E-state index contributed by atoms with van der Waals surface area (Å²) in [6.07, 6.45) is 5.33. The van der Waals surface area contributed by atoms with Gasteiger partial charge in [-0.1, -0.05) is 0 Å². The van der Waals surface area contributed by atoms with E-state index in [1.807, 2.05) is 10.8 Å². The molecule has 0 aliphatic heterocycles. The van der Waals surface area contributed by atoms with Crippen molar-refractivity contribution in [2.24, 2.45) is 0 Å². The molecule has 22 heavy (non-hydrogen) atoms. The molecule has 0 aliphatic rings. The van der Waals surface area contributed by atoms with Crippen LogP contribution in [0.1, 0.15) is 12.8 Å². The van der Waals surface area contributed by atoms with Crippen molar-refractivity contribution in [1.82, 2.24) is 14.9 Å². The molecule has 2 aromatic rings. The number of imidazole rings is 1. The van der Waals surface area contributed by atoms with Gasteiger partial charge in [-0.05, 0) is 24.3 Å². The molecule has 0 radical (unpaired) electrons. The first-order valence-electron chi connectivity index (χ1n) is 6.91. The Bertz CT molecular complexity index is 611. The number of benzene rings is 1. The topological polar surface area (TPSA) is 76.0 Å². The van der Waals surface area contributed by atoms with Crippen LogP contribution in [0.2, 0.25) is 0 Å². The lowest BCUT2D eigenvalue weighted by Crippen LogP contribution is -2.27. The van der Waals surface area contributed by atoms with Crippen LogP contribution in [0.3, 0.4) is 0 Å². The lowest BCUT2D eigenvalue weighted by atomic mass is 10.2. The fourth-order valence-electron chi connectivity index (χ4n) is 1.82. The number of nitrogens with one attached hydrogen (secondary N) is 2. The molecule has 1 aromatic carbocycles. The summed E-state index contributed by atoms with van der Waals surface area (Å²) in [6.45, 7) is 1.11. The highest BCUT2D eigenvalue weighted by Crippen LogP contribution is 2.08. The van der Waals surface area contributed by atoms with Crippen molar-refractivity contribution in [2.75, 3.05) is 11.9 Å². The monoisotopic (exact) mass is 304 g/mol. The third kappa shape index (κ3) is 5.35. The van der Waals surface area contributed by atoms with E-state index in [2.05, 4.69) is 15.6 Å². The molecule has 1 aromatic heterocycles. The maximum absolute atomic E-state index is 12.7. The summed E-state index contributed by atoms with van der Waals surface area (Å²) in [7, 11) is 0. The zero-order valence-corrected chi connectivity index (χ0v) is 12.0. The minimum absolute atomic E-state index is 0.0777. The van der Waals surface area contributed by atoms with Gasteiger partial charge >= 0.3 is 0 Å². The number of hydrogen-bond donors (Lipinski definition) is 2. The summed E-state index contributed by atoms with van der Waals surface area (Å²) in [5.41, 5.74) is 0.506. The summed E-state index contributed by atoms with van der Waals surface area (Å²) >= 11 is 0. The molecule has 0 atom stereocenters. The van der Waals surface area contributed by atoms with Gasteiger partial charge in [0, 0.05) is 44.0 Å². The average molecular weight is 304 g/mol. The molecule has 6 nitrogen and oxygen atoms in total. The van der Waals surface area contributed by atoms with Gasteiger partial charge in [-0.25, -0.2) is 9.37 Å². The van der Waals surface area contributed by atoms with Crippen LogP contribution in [0.25, 0.3) is 0 Å². The first-order valence-corrected chi connectivity index (χ1v) is 6.91. The zero-order valence-electron chi connectivity index (χ0n) is 12.0. The highest BCUT2D eigenvalue weighted by Gasteiger charge is 2.07. The van der Waals surface area contributed by atoms with Crippen LogP contribution in [0.5, 0.6) is 0 Å². The lowest BCUT2D eigenvalue weighted by Gasteiger charge is -2.07. The molecule has 0 bridgehead atoms. The number of halogens is 1. The number of hydrogen-bond acceptors (Lipinski definition) is 3. The van der Waals surface area contributed by atoms with Crippen molar-refractivity contribution < 1.29 is 14.0 Å². The number of rotatable bonds is 7. The van der Waals surface area contributed by atoms with E-state index in [0.717, 1.165) is 0 Å². The Hall–Kier alpha value is -2.70. The van der Waals surface area contributed by atoms with E-state index in [4.69, 9.17) is 0 Å². The second-order valence-electron chi connectivity index (χ2n) is 4.71.